The minimum absolute atomic E-state index is 0.104. The molecule has 10 heteroatoms. The van der Waals surface area contributed by atoms with Gasteiger partial charge in [-0.2, -0.15) is 8.78 Å². The van der Waals surface area contributed by atoms with Crippen molar-refractivity contribution in [3.8, 4) is 11.1 Å². The molecule has 1 fully saturated rings. The number of aliphatic hydroxyl groups excluding tert-OH is 2. The van der Waals surface area contributed by atoms with Gasteiger partial charge in [-0.25, -0.2) is 4.98 Å². The molecular formula is C29H34F2N4O4. The molecule has 0 bridgehead atoms. The van der Waals surface area contributed by atoms with Crippen LogP contribution in [0.1, 0.15) is 45.9 Å². The van der Waals surface area contributed by atoms with Gasteiger partial charge in [-0.1, -0.05) is 18.2 Å². The number of pyridine rings is 2. The van der Waals surface area contributed by atoms with Crippen molar-refractivity contribution in [1.82, 2.24) is 15.3 Å². The molecule has 0 unspecified atom stereocenters. The lowest BCUT2D eigenvalue weighted by molar-refractivity contribution is -0.0268. The number of carbonyl (C=O) groups excluding carboxylic acids is 1. The highest BCUT2D eigenvalue weighted by molar-refractivity contribution is 5.94. The van der Waals surface area contributed by atoms with Gasteiger partial charge in [0.15, 0.2) is 0 Å². The highest BCUT2D eigenvalue weighted by Crippen LogP contribution is 2.34. The van der Waals surface area contributed by atoms with Crippen molar-refractivity contribution in [2.24, 2.45) is 0 Å². The molecule has 0 spiro atoms. The van der Waals surface area contributed by atoms with Gasteiger partial charge < -0.3 is 19.8 Å². The molecule has 0 aliphatic carbocycles. The Morgan fingerprint density at radius 1 is 1.08 bits per heavy atom. The van der Waals surface area contributed by atoms with E-state index in [1.807, 2.05) is 29.3 Å². The summed E-state index contributed by atoms with van der Waals surface area (Å²) in [6.45, 7) is 3.57. The van der Waals surface area contributed by atoms with Crippen LogP contribution in [-0.2, 0) is 11.2 Å². The Balaban J connectivity index is 1.66. The Labute approximate surface area is 226 Å². The average molecular weight is 541 g/mol. The fourth-order valence-electron chi connectivity index (χ4n) is 4.77. The normalized spacial score (nSPS) is 14.3. The number of alkyl halides is 2. The molecule has 1 aliphatic heterocycles. The SMILES string of the molecule is Cc1ccc(CC(F)(F)NC(=O)c2ccncc2)cc1-c1cc(C2CCOCC2)nc(N(CCO)CCO)c1. The van der Waals surface area contributed by atoms with Gasteiger partial charge in [0.25, 0.3) is 5.91 Å². The van der Waals surface area contributed by atoms with E-state index in [4.69, 9.17) is 9.72 Å². The van der Waals surface area contributed by atoms with E-state index in [1.165, 1.54) is 24.5 Å². The summed E-state index contributed by atoms with van der Waals surface area (Å²) in [7, 11) is 0. The summed E-state index contributed by atoms with van der Waals surface area (Å²) < 4.78 is 35.3. The van der Waals surface area contributed by atoms with Crippen LogP contribution in [0.5, 0.6) is 0 Å². The van der Waals surface area contributed by atoms with Crippen LogP contribution >= 0.6 is 0 Å². The lowest BCUT2D eigenvalue weighted by Gasteiger charge is -2.27. The number of amides is 1. The molecule has 1 saturated heterocycles. The zero-order valence-electron chi connectivity index (χ0n) is 21.9. The van der Waals surface area contributed by atoms with Gasteiger partial charge in [0.05, 0.1) is 19.6 Å². The van der Waals surface area contributed by atoms with Crippen LogP contribution in [0.3, 0.4) is 0 Å². The number of carbonyl (C=O) groups is 1. The summed E-state index contributed by atoms with van der Waals surface area (Å²) in [5.41, 5.74) is 3.82. The topological polar surface area (TPSA) is 108 Å². The number of hydrogen-bond donors (Lipinski definition) is 3. The molecular weight excluding hydrogens is 506 g/mol. The summed E-state index contributed by atoms with van der Waals surface area (Å²) in [6.07, 6.45) is 3.71. The third kappa shape index (κ3) is 7.56. The predicted molar refractivity (Wildman–Crippen MR) is 144 cm³/mol. The van der Waals surface area contributed by atoms with Crippen LogP contribution in [0.15, 0.2) is 54.9 Å². The second-order valence-corrected chi connectivity index (χ2v) is 9.68. The number of nitrogens with one attached hydrogen (secondary N) is 1. The quantitative estimate of drug-likeness (QED) is 0.318. The smallest absolute Gasteiger partial charge is 0.329 e. The summed E-state index contributed by atoms with van der Waals surface area (Å²) >= 11 is 0. The van der Waals surface area contributed by atoms with E-state index < -0.39 is 18.4 Å². The van der Waals surface area contributed by atoms with Crippen LogP contribution < -0.4 is 10.2 Å². The maximum atomic E-state index is 14.9. The monoisotopic (exact) mass is 540 g/mol. The largest absolute Gasteiger partial charge is 0.395 e. The predicted octanol–water partition coefficient (Wildman–Crippen LogP) is 3.70. The summed E-state index contributed by atoms with van der Waals surface area (Å²) in [5.74, 6) is -0.0851. The van der Waals surface area contributed by atoms with Crippen molar-refractivity contribution in [2.45, 2.75) is 38.2 Å². The molecule has 0 saturated carbocycles. The van der Waals surface area contributed by atoms with Crippen molar-refractivity contribution in [3.63, 3.8) is 0 Å². The molecule has 3 N–H and O–H groups in total. The molecule has 3 heterocycles. The number of aliphatic hydroxyl groups is 2. The van der Waals surface area contributed by atoms with E-state index in [0.29, 0.717) is 37.7 Å². The molecule has 2 aromatic heterocycles. The van der Waals surface area contributed by atoms with E-state index >= 15 is 0 Å². The van der Waals surface area contributed by atoms with Crippen LogP contribution in [0, 0.1) is 6.92 Å². The lowest BCUT2D eigenvalue weighted by atomic mass is 9.91. The molecule has 39 heavy (non-hydrogen) atoms. The van der Waals surface area contributed by atoms with Gasteiger partial charge >= 0.3 is 6.05 Å². The number of aromatic nitrogens is 2. The number of benzene rings is 1. The average Bonchev–Trinajstić information content (AvgIpc) is 2.94. The zero-order valence-corrected chi connectivity index (χ0v) is 21.9. The Bertz CT molecular complexity index is 1250. The fourth-order valence-corrected chi connectivity index (χ4v) is 4.77. The number of hydrogen-bond acceptors (Lipinski definition) is 7. The first-order chi connectivity index (χ1) is 18.8. The van der Waals surface area contributed by atoms with Gasteiger partial charge in [-0.05, 0) is 66.3 Å². The lowest BCUT2D eigenvalue weighted by Crippen LogP contribution is -2.42. The van der Waals surface area contributed by atoms with E-state index in [9.17, 15) is 23.8 Å². The van der Waals surface area contributed by atoms with Crippen molar-refractivity contribution in [1.29, 1.82) is 0 Å². The van der Waals surface area contributed by atoms with Gasteiger partial charge in [-0.3, -0.25) is 15.1 Å². The van der Waals surface area contributed by atoms with Crippen molar-refractivity contribution in [3.05, 3.63) is 77.2 Å². The first-order valence-corrected chi connectivity index (χ1v) is 13.1. The number of nitrogens with zero attached hydrogens (tertiary/aromatic N) is 3. The molecule has 0 atom stereocenters. The Morgan fingerprint density at radius 3 is 2.44 bits per heavy atom. The molecule has 0 radical (unpaired) electrons. The molecule has 1 aliphatic rings. The van der Waals surface area contributed by atoms with Crippen LogP contribution in [0.2, 0.25) is 0 Å². The molecule has 1 amide bonds. The summed E-state index contributed by atoms with van der Waals surface area (Å²) in [4.78, 5) is 22.8. The van der Waals surface area contributed by atoms with E-state index in [1.54, 1.807) is 18.2 Å². The highest BCUT2D eigenvalue weighted by atomic mass is 19.3. The van der Waals surface area contributed by atoms with Gasteiger partial charge in [0.1, 0.15) is 5.82 Å². The number of aryl methyl sites for hydroxylation is 1. The van der Waals surface area contributed by atoms with E-state index in [-0.39, 0.29) is 24.7 Å². The molecule has 8 nitrogen and oxygen atoms in total. The van der Waals surface area contributed by atoms with Crippen molar-refractivity contribution < 1.29 is 28.5 Å². The van der Waals surface area contributed by atoms with Crippen molar-refractivity contribution >= 4 is 11.7 Å². The second kappa shape index (κ2) is 13.1. The first-order valence-electron chi connectivity index (χ1n) is 13.1. The van der Waals surface area contributed by atoms with E-state index in [2.05, 4.69) is 4.98 Å². The zero-order chi connectivity index (χ0) is 27.8. The third-order valence-electron chi connectivity index (χ3n) is 6.81. The molecule has 1 aromatic carbocycles. The standard InChI is InChI=1S/C29H34F2N4O4/c1-20-2-3-21(19-29(30,31)34-28(38)23-4-8-32-9-5-23)16-25(20)24-17-26(22-6-14-39-15-7-22)33-27(18-24)35(10-12-36)11-13-37/h2-5,8-9,16-18,22,36-37H,6-7,10-15,19H2,1H3,(H,34,38). The second-order valence-electron chi connectivity index (χ2n) is 9.68. The van der Waals surface area contributed by atoms with Crippen molar-refractivity contribution in [2.75, 3.05) is 44.4 Å². The van der Waals surface area contributed by atoms with Gasteiger partial charge in [-0.15, -0.1) is 0 Å². The minimum Gasteiger partial charge on any atom is -0.395 e. The third-order valence-corrected chi connectivity index (χ3v) is 6.81. The van der Waals surface area contributed by atoms with Gasteiger partial charge in [0.2, 0.25) is 0 Å². The van der Waals surface area contributed by atoms with Crippen LogP contribution in [0.25, 0.3) is 11.1 Å². The maximum Gasteiger partial charge on any atom is 0.329 e. The van der Waals surface area contributed by atoms with Crippen LogP contribution in [0.4, 0.5) is 14.6 Å². The number of rotatable bonds is 11. The number of ether oxygens (including phenoxy) is 1. The van der Waals surface area contributed by atoms with E-state index in [0.717, 1.165) is 35.2 Å². The van der Waals surface area contributed by atoms with Gasteiger partial charge in [0, 0.05) is 55.9 Å². The Kier molecular flexibility index (Phi) is 9.55. The van der Waals surface area contributed by atoms with Crippen LogP contribution in [-0.4, -0.2) is 71.7 Å². The first kappa shape index (κ1) is 28.5. The summed E-state index contributed by atoms with van der Waals surface area (Å²) in [5, 5.41) is 21.0. The fraction of sp³-hybridized carbons (Fsp3) is 0.414. The Hall–Kier alpha value is -3.47. The summed E-state index contributed by atoms with van der Waals surface area (Å²) in [6, 6.07) is 8.29. The molecule has 4 rings (SSSR count). The Morgan fingerprint density at radius 2 is 1.77 bits per heavy atom. The number of anilines is 1. The number of halogens is 2. The molecule has 208 valence electrons. The molecule has 3 aromatic rings. The maximum absolute atomic E-state index is 14.9. The minimum atomic E-state index is -3.47. The highest BCUT2D eigenvalue weighted by Gasteiger charge is 2.32.